The van der Waals surface area contributed by atoms with Crippen LogP contribution in [0.4, 0.5) is 0 Å². The Morgan fingerprint density at radius 3 is 3.17 bits per heavy atom. The smallest absolute Gasteiger partial charge is 0.0922 e. The van der Waals surface area contributed by atoms with Crippen molar-refractivity contribution in [3.63, 3.8) is 0 Å². The van der Waals surface area contributed by atoms with Crippen LogP contribution in [0.2, 0.25) is 0 Å². The fourth-order valence-corrected chi connectivity index (χ4v) is 1.48. The fourth-order valence-electron chi connectivity index (χ4n) is 0.963. The minimum absolute atomic E-state index is 0.0451. The van der Waals surface area contributed by atoms with Gasteiger partial charge >= 0.3 is 0 Å². The number of allylic oxidation sites excluding steroid dienone is 1. The van der Waals surface area contributed by atoms with Gasteiger partial charge < -0.3 is 5.73 Å². The van der Waals surface area contributed by atoms with Crippen molar-refractivity contribution in [2.75, 3.05) is 0 Å². The maximum Gasteiger partial charge on any atom is 0.0922 e. The molecule has 4 heteroatoms. The van der Waals surface area contributed by atoms with Gasteiger partial charge in [-0.1, -0.05) is 10.6 Å². The summed E-state index contributed by atoms with van der Waals surface area (Å²) in [6, 6.07) is 0.0451. The van der Waals surface area contributed by atoms with E-state index >= 15 is 0 Å². The van der Waals surface area contributed by atoms with Crippen LogP contribution in [-0.4, -0.2) is 9.59 Å². The summed E-state index contributed by atoms with van der Waals surface area (Å²) in [6.45, 7) is 3.65. The summed E-state index contributed by atoms with van der Waals surface area (Å²) in [7, 11) is 0. The largest absolute Gasteiger partial charge is 0.323 e. The highest BCUT2D eigenvalue weighted by Crippen LogP contribution is 2.14. The first-order valence-corrected chi connectivity index (χ1v) is 4.81. The Morgan fingerprint density at radius 1 is 1.75 bits per heavy atom. The second-order valence-corrected chi connectivity index (χ2v) is 3.27. The van der Waals surface area contributed by atoms with E-state index in [-0.39, 0.29) is 6.04 Å². The predicted octanol–water partition coefficient (Wildman–Crippen LogP) is 1.89. The topological polar surface area (TPSA) is 51.8 Å². The third-order valence-electron chi connectivity index (χ3n) is 1.68. The van der Waals surface area contributed by atoms with E-state index in [0.29, 0.717) is 0 Å². The van der Waals surface area contributed by atoms with Crippen LogP contribution in [0.25, 0.3) is 0 Å². The molecule has 0 bridgehead atoms. The van der Waals surface area contributed by atoms with Gasteiger partial charge in [-0.3, -0.25) is 0 Å². The predicted molar refractivity (Wildman–Crippen MR) is 50.9 cm³/mol. The van der Waals surface area contributed by atoms with Crippen molar-refractivity contribution in [1.29, 1.82) is 0 Å². The van der Waals surface area contributed by atoms with Crippen LogP contribution in [0.3, 0.4) is 0 Å². The lowest BCUT2D eigenvalue weighted by atomic mass is 10.1. The normalized spacial score (nSPS) is 12.8. The van der Waals surface area contributed by atoms with Gasteiger partial charge in [-0.25, -0.2) is 0 Å². The van der Waals surface area contributed by atoms with Crippen molar-refractivity contribution in [3.8, 4) is 0 Å². The summed E-state index contributed by atoms with van der Waals surface area (Å²) in [4.78, 5) is 0. The lowest BCUT2D eigenvalue weighted by Crippen LogP contribution is -2.10. The van der Waals surface area contributed by atoms with Gasteiger partial charge in [0, 0.05) is 11.4 Å². The van der Waals surface area contributed by atoms with Crippen LogP contribution in [0.1, 0.15) is 31.0 Å². The first-order valence-electron chi connectivity index (χ1n) is 3.98. The number of nitrogens with two attached hydrogens (primary N) is 1. The van der Waals surface area contributed by atoms with Crippen molar-refractivity contribution in [2.45, 2.75) is 25.3 Å². The zero-order chi connectivity index (χ0) is 8.81. The van der Waals surface area contributed by atoms with Gasteiger partial charge in [-0.15, -0.1) is 11.7 Å². The van der Waals surface area contributed by atoms with Crippen molar-refractivity contribution < 1.29 is 0 Å². The Hall–Kier alpha value is -0.740. The molecule has 1 rings (SSSR count). The molecule has 1 unspecified atom stereocenters. The molecule has 1 heterocycles. The van der Waals surface area contributed by atoms with E-state index in [2.05, 4.69) is 16.2 Å². The Kier molecular flexibility index (Phi) is 3.90. The molecule has 0 saturated carbocycles. The van der Waals surface area contributed by atoms with E-state index in [9.17, 15) is 0 Å². The molecular weight excluding hydrogens is 170 g/mol. The van der Waals surface area contributed by atoms with Crippen molar-refractivity contribution in [3.05, 3.63) is 23.7 Å². The van der Waals surface area contributed by atoms with Gasteiger partial charge in [0.1, 0.15) is 0 Å². The molecule has 2 N–H and O–H groups in total. The number of aromatic nitrogens is 2. The maximum atomic E-state index is 5.85. The number of hydrogen-bond donors (Lipinski definition) is 1. The zero-order valence-electron chi connectivity index (χ0n) is 6.94. The highest BCUT2D eigenvalue weighted by molar-refractivity contribution is 7.03. The molecule has 1 aromatic heterocycles. The second kappa shape index (κ2) is 5.00. The molecular formula is C8H13N3S. The minimum atomic E-state index is 0.0451. The van der Waals surface area contributed by atoms with Crippen LogP contribution >= 0.6 is 11.5 Å². The van der Waals surface area contributed by atoms with Gasteiger partial charge in [-0.2, -0.15) is 0 Å². The summed E-state index contributed by atoms with van der Waals surface area (Å²) >= 11 is 1.35. The van der Waals surface area contributed by atoms with E-state index in [4.69, 9.17) is 5.73 Å². The number of nitrogens with zero attached hydrogens (tertiary/aromatic N) is 2. The average Bonchev–Trinajstić information content (AvgIpc) is 2.56. The maximum absolute atomic E-state index is 5.85. The lowest BCUT2D eigenvalue weighted by molar-refractivity contribution is 0.601. The first kappa shape index (κ1) is 9.35. The summed E-state index contributed by atoms with van der Waals surface area (Å²) in [5.74, 6) is 0. The average molecular weight is 183 g/mol. The van der Waals surface area contributed by atoms with Crippen LogP contribution < -0.4 is 5.73 Å². The van der Waals surface area contributed by atoms with E-state index in [1.54, 1.807) is 0 Å². The Labute approximate surface area is 76.5 Å². The van der Waals surface area contributed by atoms with Crippen molar-refractivity contribution in [1.82, 2.24) is 9.59 Å². The third kappa shape index (κ3) is 2.71. The molecule has 1 aromatic rings. The lowest BCUT2D eigenvalue weighted by Gasteiger charge is -2.05. The van der Waals surface area contributed by atoms with Crippen LogP contribution in [0, 0.1) is 0 Å². The zero-order valence-corrected chi connectivity index (χ0v) is 7.76. The van der Waals surface area contributed by atoms with Gasteiger partial charge in [0.2, 0.25) is 0 Å². The quantitative estimate of drug-likeness (QED) is 0.560. The highest BCUT2D eigenvalue weighted by Gasteiger charge is 2.07. The molecule has 0 aliphatic carbocycles. The minimum Gasteiger partial charge on any atom is -0.323 e. The monoisotopic (exact) mass is 183 g/mol. The molecule has 1 atom stereocenters. The van der Waals surface area contributed by atoms with Crippen molar-refractivity contribution >= 4 is 11.5 Å². The summed E-state index contributed by atoms with van der Waals surface area (Å²) in [5, 5.41) is 5.81. The molecule has 66 valence electrons. The Balaban J connectivity index is 2.29. The highest BCUT2D eigenvalue weighted by atomic mass is 32.1. The molecule has 0 aliphatic heterocycles. The molecule has 12 heavy (non-hydrogen) atoms. The second-order valence-electron chi connectivity index (χ2n) is 2.66. The number of rotatable bonds is 5. The number of unbranched alkanes of at least 4 members (excludes halogenated alkanes) is 1. The first-order chi connectivity index (χ1) is 5.84. The molecule has 0 saturated heterocycles. The summed E-state index contributed by atoms with van der Waals surface area (Å²) in [5.41, 5.74) is 6.76. The van der Waals surface area contributed by atoms with E-state index in [1.165, 1.54) is 11.5 Å². The molecule has 0 spiro atoms. The van der Waals surface area contributed by atoms with Crippen LogP contribution in [-0.2, 0) is 0 Å². The van der Waals surface area contributed by atoms with E-state index in [1.807, 2.05) is 11.5 Å². The standard InChI is InChI=1S/C8H13N3S/c1-2-3-4-5-7(9)8-6-12-11-10-8/h2,6-7H,1,3-5,9H2. The SMILES string of the molecule is C=CCCCC(N)c1csnn1. The van der Waals surface area contributed by atoms with E-state index in [0.717, 1.165) is 25.0 Å². The van der Waals surface area contributed by atoms with Crippen LogP contribution in [0.5, 0.6) is 0 Å². The number of hydrogen-bond acceptors (Lipinski definition) is 4. The van der Waals surface area contributed by atoms with Gasteiger partial charge in [0.15, 0.2) is 0 Å². The fraction of sp³-hybridized carbons (Fsp3) is 0.500. The molecule has 0 fully saturated rings. The molecule has 3 nitrogen and oxygen atoms in total. The molecule has 0 aliphatic rings. The third-order valence-corrected chi connectivity index (χ3v) is 2.20. The molecule has 0 amide bonds. The molecule has 0 aromatic carbocycles. The Morgan fingerprint density at radius 2 is 2.58 bits per heavy atom. The molecule has 0 radical (unpaired) electrons. The van der Waals surface area contributed by atoms with Gasteiger partial charge in [0.25, 0.3) is 0 Å². The van der Waals surface area contributed by atoms with Crippen molar-refractivity contribution in [2.24, 2.45) is 5.73 Å². The summed E-state index contributed by atoms with van der Waals surface area (Å²) in [6.07, 6.45) is 4.96. The van der Waals surface area contributed by atoms with E-state index < -0.39 is 0 Å². The van der Waals surface area contributed by atoms with Gasteiger partial charge in [0.05, 0.1) is 5.69 Å². The Bertz CT molecular complexity index is 220. The van der Waals surface area contributed by atoms with Gasteiger partial charge in [-0.05, 0) is 30.8 Å². The summed E-state index contributed by atoms with van der Waals surface area (Å²) < 4.78 is 3.76. The van der Waals surface area contributed by atoms with Crippen LogP contribution in [0.15, 0.2) is 18.0 Å².